The van der Waals surface area contributed by atoms with Crippen LogP contribution in [0.1, 0.15) is 20.3 Å². The predicted molar refractivity (Wildman–Crippen MR) is 34.5 cm³/mol. The highest BCUT2D eigenvalue weighted by molar-refractivity contribution is 7.80. The first kappa shape index (κ1) is 7.82. The molecule has 0 amide bonds. The molecule has 0 aliphatic carbocycles. The topological polar surface area (TPSA) is 9.23 Å². The number of ether oxygens (including phenoxy) is 1. The molecule has 1 atom stereocenters. The average molecular weight is 136 g/mol. The van der Waals surface area contributed by atoms with E-state index >= 15 is 0 Å². The lowest BCUT2D eigenvalue weighted by Gasteiger charge is -2.04. The molecule has 0 radical (unpaired) electrons. The van der Waals surface area contributed by atoms with Gasteiger partial charge in [-0.15, -0.1) is 0 Å². The minimum atomic E-state index is -1.22. The Labute approximate surface area is 53.8 Å². The summed E-state index contributed by atoms with van der Waals surface area (Å²) in [6, 6.07) is 0. The van der Waals surface area contributed by atoms with Crippen LogP contribution in [0.2, 0.25) is 0 Å². The van der Waals surface area contributed by atoms with Crippen molar-refractivity contribution >= 4 is 17.3 Å². The van der Waals surface area contributed by atoms with E-state index in [2.05, 4.69) is 17.0 Å². The standard InChI is InChI=1S/C5H9FOS/c1-3-5(6)7-4(2)8/h5H,3H2,1-2H3. The molecule has 0 saturated heterocycles. The van der Waals surface area contributed by atoms with E-state index in [0.717, 1.165) is 0 Å². The third-order valence-corrected chi connectivity index (χ3v) is 0.711. The summed E-state index contributed by atoms with van der Waals surface area (Å²) in [5, 5.41) is 0.263. The molecule has 1 nitrogen and oxygen atoms in total. The van der Waals surface area contributed by atoms with Crippen LogP contribution in [0.25, 0.3) is 0 Å². The molecule has 8 heavy (non-hydrogen) atoms. The summed E-state index contributed by atoms with van der Waals surface area (Å²) in [7, 11) is 0. The van der Waals surface area contributed by atoms with Gasteiger partial charge in [0.2, 0.25) is 6.36 Å². The van der Waals surface area contributed by atoms with Crippen LogP contribution in [0.3, 0.4) is 0 Å². The lowest BCUT2D eigenvalue weighted by Crippen LogP contribution is -2.06. The zero-order valence-electron chi connectivity index (χ0n) is 4.98. The number of hydrogen-bond donors (Lipinski definition) is 0. The van der Waals surface area contributed by atoms with E-state index in [1.165, 1.54) is 0 Å². The third kappa shape index (κ3) is 3.99. The zero-order chi connectivity index (χ0) is 6.57. The van der Waals surface area contributed by atoms with Crippen LogP contribution < -0.4 is 0 Å². The Bertz CT molecular complexity index is 84.5. The Morgan fingerprint density at radius 1 is 1.88 bits per heavy atom. The van der Waals surface area contributed by atoms with Gasteiger partial charge in [0.25, 0.3) is 0 Å². The molecule has 0 bridgehead atoms. The van der Waals surface area contributed by atoms with E-state index in [0.29, 0.717) is 6.42 Å². The maximum Gasteiger partial charge on any atom is 0.238 e. The molecule has 1 unspecified atom stereocenters. The molecule has 0 aliphatic heterocycles. The van der Waals surface area contributed by atoms with Gasteiger partial charge < -0.3 is 4.74 Å². The quantitative estimate of drug-likeness (QED) is 0.537. The summed E-state index contributed by atoms with van der Waals surface area (Å²) < 4.78 is 16.5. The molecule has 3 heteroatoms. The van der Waals surface area contributed by atoms with Gasteiger partial charge in [-0.25, -0.2) is 4.39 Å². The van der Waals surface area contributed by atoms with E-state index in [1.54, 1.807) is 13.8 Å². The average Bonchev–Trinajstić information content (AvgIpc) is 1.65. The van der Waals surface area contributed by atoms with E-state index in [-0.39, 0.29) is 5.05 Å². The SMILES string of the molecule is CCC(F)OC(C)=S. The first-order chi connectivity index (χ1) is 3.66. The van der Waals surface area contributed by atoms with Crippen molar-refractivity contribution in [2.24, 2.45) is 0 Å². The highest BCUT2D eigenvalue weighted by atomic mass is 32.1. The third-order valence-electron chi connectivity index (χ3n) is 0.615. The summed E-state index contributed by atoms with van der Waals surface area (Å²) in [6.45, 7) is 3.25. The Balaban J connectivity index is 3.24. The zero-order valence-corrected chi connectivity index (χ0v) is 5.80. The lowest BCUT2D eigenvalue weighted by molar-refractivity contribution is 0.0552. The molecule has 48 valence electrons. The molecular formula is C5H9FOS. The van der Waals surface area contributed by atoms with Gasteiger partial charge >= 0.3 is 0 Å². The molecule has 0 heterocycles. The van der Waals surface area contributed by atoms with Crippen LogP contribution in [0, 0.1) is 0 Å². The number of rotatable bonds is 2. The maximum atomic E-state index is 12.1. The lowest BCUT2D eigenvalue weighted by atomic mass is 10.5. The second-order valence-electron chi connectivity index (χ2n) is 1.43. The van der Waals surface area contributed by atoms with Gasteiger partial charge in [0.05, 0.1) is 0 Å². The van der Waals surface area contributed by atoms with Gasteiger partial charge in [0.1, 0.15) is 0 Å². The second kappa shape index (κ2) is 3.78. The van der Waals surface area contributed by atoms with Crippen molar-refractivity contribution in [1.29, 1.82) is 0 Å². The van der Waals surface area contributed by atoms with E-state index in [1.807, 2.05) is 0 Å². The van der Waals surface area contributed by atoms with Crippen molar-refractivity contribution in [1.82, 2.24) is 0 Å². The fraction of sp³-hybridized carbons (Fsp3) is 0.800. The molecule has 0 aliphatic rings. The maximum absolute atomic E-state index is 12.1. The van der Waals surface area contributed by atoms with Crippen molar-refractivity contribution in [3.05, 3.63) is 0 Å². The van der Waals surface area contributed by atoms with Crippen LogP contribution in [0.15, 0.2) is 0 Å². The van der Waals surface area contributed by atoms with Crippen molar-refractivity contribution in [3.8, 4) is 0 Å². The van der Waals surface area contributed by atoms with Gasteiger partial charge in [-0.3, -0.25) is 0 Å². The van der Waals surface area contributed by atoms with Crippen LogP contribution in [-0.2, 0) is 4.74 Å². The smallest absolute Gasteiger partial charge is 0.238 e. The Hall–Kier alpha value is -0.180. The molecule has 0 spiro atoms. The van der Waals surface area contributed by atoms with Gasteiger partial charge in [0, 0.05) is 13.3 Å². The molecule has 0 N–H and O–H groups in total. The van der Waals surface area contributed by atoms with E-state index < -0.39 is 6.36 Å². The summed E-state index contributed by atoms with van der Waals surface area (Å²) in [6.07, 6.45) is -0.860. The van der Waals surface area contributed by atoms with Gasteiger partial charge in [-0.05, 0) is 12.2 Å². The number of halogens is 1. The first-order valence-corrected chi connectivity index (χ1v) is 2.89. The minimum absolute atomic E-state index is 0.263. The van der Waals surface area contributed by atoms with Crippen LogP contribution >= 0.6 is 12.2 Å². The summed E-state index contributed by atoms with van der Waals surface area (Å²) >= 11 is 4.48. The molecular weight excluding hydrogens is 127 g/mol. The molecule has 0 fully saturated rings. The summed E-state index contributed by atoms with van der Waals surface area (Å²) in [5.41, 5.74) is 0. The first-order valence-electron chi connectivity index (χ1n) is 2.48. The predicted octanol–water partition coefficient (Wildman–Crippen LogP) is 2.06. The largest absolute Gasteiger partial charge is 0.454 e. The minimum Gasteiger partial charge on any atom is -0.454 e. The molecule has 0 saturated carbocycles. The van der Waals surface area contributed by atoms with Crippen LogP contribution in [0.5, 0.6) is 0 Å². The van der Waals surface area contributed by atoms with Gasteiger partial charge in [0.15, 0.2) is 5.05 Å². The summed E-state index contributed by atoms with van der Waals surface area (Å²) in [5.74, 6) is 0. The molecule has 0 aromatic heterocycles. The van der Waals surface area contributed by atoms with Gasteiger partial charge in [-0.1, -0.05) is 6.92 Å². The number of thiocarbonyl (C=S) groups is 1. The normalized spacial score (nSPS) is 12.9. The molecule has 0 aromatic rings. The second-order valence-corrected chi connectivity index (χ2v) is 2.00. The van der Waals surface area contributed by atoms with Crippen molar-refractivity contribution in [3.63, 3.8) is 0 Å². The van der Waals surface area contributed by atoms with Gasteiger partial charge in [-0.2, -0.15) is 0 Å². The fourth-order valence-corrected chi connectivity index (χ4v) is 0.368. The summed E-state index contributed by atoms with van der Waals surface area (Å²) in [4.78, 5) is 0. The monoisotopic (exact) mass is 136 g/mol. The fourth-order valence-electron chi connectivity index (χ4n) is 0.263. The Morgan fingerprint density at radius 2 is 2.38 bits per heavy atom. The number of alkyl halides is 1. The van der Waals surface area contributed by atoms with E-state index in [4.69, 9.17) is 0 Å². The molecule has 0 aromatic carbocycles. The van der Waals surface area contributed by atoms with Crippen molar-refractivity contribution in [2.45, 2.75) is 26.6 Å². The Morgan fingerprint density at radius 3 is 2.50 bits per heavy atom. The van der Waals surface area contributed by atoms with E-state index in [9.17, 15) is 4.39 Å². The number of hydrogen-bond acceptors (Lipinski definition) is 2. The highest BCUT2D eigenvalue weighted by Gasteiger charge is 2.01. The van der Waals surface area contributed by atoms with Crippen molar-refractivity contribution < 1.29 is 9.13 Å². The highest BCUT2D eigenvalue weighted by Crippen LogP contribution is 1.98. The van der Waals surface area contributed by atoms with Crippen LogP contribution in [0.4, 0.5) is 4.39 Å². The molecule has 0 rings (SSSR count). The van der Waals surface area contributed by atoms with Crippen molar-refractivity contribution in [2.75, 3.05) is 0 Å². The Kier molecular flexibility index (Phi) is 3.69. The van der Waals surface area contributed by atoms with Crippen LogP contribution in [-0.4, -0.2) is 11.4 Å².